The Morgan fingerprint density at radius 3 is 2.36 bits per heavy atom. The molecular formula is C22H26ClN3O2. The van der Waals surface area contributed by atoms with E-state index in [9.17, 15) is 9.59 Å². The van der Waals surface area contributed by atoms with Gasteiger partial charge in [-0.05, 0) is 55.2 Å². The number of hydrogen-bond acceptors (Lipinski definition) is 3. The van der Waals surface area contributed by atoms with Crippen molar-refractivity contribution in [3.05, 3.63) is 59.7 Å². The summed E-state index contributed by atoms with van der Waals surface area (Å²) in [6.45, 7) is 0.701. The average molecular weight is 400 g/mol. The van der Waals surface area contributed by atoms with Crippen LogP contribution < -0.4 is 16.0 Å². The zero-order valence-corrected chi connectivity index (χ0v) is 16.6. The minimum absolute atomic E-state index is 0. The van der Waals surface area contributed by atoms with Crippen molar-refractivity contribution in [3.8, 4) is 0 Å². The van der Waals surface area contributed by atoms with Crippen molar-refractivity contribution in [2.45, 2.75) is 44.1 Å². The predicted molar refractivity (Wildman–Crippen MR) is 114 cm³/mol. The van der Waals surface area contributed by atoms with Crippen molar-refractivity contribution in [2.24, 2.45) is 5.73 Å². The molecule has 0 radical (unpaired) electrons. The molecule has 28 heavy (non-hydrogen) atoms. The summed E-state index contributed by atoms with van der Waals surface area (Å²) in [5, 5.41) is 2.91. The fourth-order valence-corrected chi connectivity index (χ4v) is 4.07. The third-order valence-electron chi connectivity index (χ3n) is 5.72. The molecule has 1 aliphatic carbocycles. The van der Waals surface area contributed by atoms with Crippen LogP contribution in [0.4, 0.5) is 11.4 Å². The Kier molecular flexibility index (Phi) is 6.06. The number of anilines is 2. The van der Waals surface area contributed by atoms with Gasteiger partial charge in [0, 0.05) is 23.5 Å². The maximum absolute atomic E-state index is 12.9. The molecule has 3 N–H and O–H groups in total. The van der Waals surface area contributed by atoms with E-state index < -0.39 is 5.54 Å². The van der Waals surface area contributed by atoms with Crippen LogP contribution in [0.1, 0.15) is 48.0 Å². The molecular weight excluding hydrogens is 374 g/mol. The topological polar surface area (TPSA) is 75.4 Å². The molecule has 0 aromatic heterocycles. The minimum atomic E-state index is -0.772. The summed E-state index contributed by atoms with van der Waals surface area (Å²) in [4.78, 5) is 27.2. The molecule has 2 aliphatic rings. The van der Waals surface area contributed by atoms with Crippen molar-refractivity contribution in [1.82, 2.24) is 0 Å². The number of hydrogen-bond donors (Lipinski definition) is 2. The second-order valence-electron chi connectivity index (χ2n) is 7.58. The van der Waals surface area contributed by atoms with Crippen LogP contribution in [0.25, 0.3) is 0 Å². The summed E-state index contributed by atoms with van der Waals surface area (Å²) in [5.41, 5.74) is 8.99. The summed E-state index contributed by atoms with van der Waals surface area (Å²) >= 11 is 0. The summed E-state index contributed by atoms with van der Waals surface area (Å²) in [6, 6.07) is 15.1. The number of rotatable bonds is 3. The van der Waals surface area contributed by atoms with Crippen molar-refractivity contribution in [1.29, 1.82) is 0 Å². The number of nitrogens with zero attached hydrogens (tertiary/aromatic N) is 1. The standard InChI is InChI=1S/C22H25N3O2.ClH/c23-22(13-4-1-5-14-22)21(27)24-18-10-8-17(9-11-18)20(26)25-15-12-16-6-2-3-7-19(16)25;/h2-3,6-11H,1,4-5,12-15,23H2,(H,24,27);1H. The second-order valence-corrected chi connectivity index (χ2v) is 7.58. The van der Waals surface area contributed by atoms with Gasteiger partial charge in [-0.1, -0.05) is 37.5 Å². The maximum atomic E-state index is 12.9. The van der Waals surface area contributed by atoms with Gasteiger partial charge < -0.3 is 16.0 Å². The molecule has 2 amide bonds. The first-order chi connectivity index (χ1) is 13.1. The smallest absolute Gasteiger partial charge is 0.258 e. The lowest BCUT2D eigenvalue weighted by Gasteiger charge is -2.31. The molecule has 6 heteroatoms. The number of fused-ring (bicyclic) bond motifs is 1. The highest BCUT2D eigenvalue weighted by atomic mass is 35.5. The summed E-state index contributed by atoms with van der Waals surface area (Å²) in [6.07, 6.45) is 5.47. The van der Waals surface area contributed by atoms with E-state index in [2.05, 4.69) is 11.4 Å². The lowest BCUT2D eigenvalue weighted by atomic mass is 9.82. The van der Waals surface area contributed by atoms with Gasteiger partial charge >= 0.3 is 0 Å². The molecule has 0 unspecified atom stereocenters. The van der Waals surface area contributed by atoms with Crippen LogP contribution >= 0.6 is 12.4 Å². The van der Waals surface area contributed by atoms with Crippen LogP contribution in [0, 0.1) is 0 Å². The molecule has 148 valence electrons. The van der Waals surface area contributed by atoms with Gasteiger partial charge in [0.2, 0.25) is 5.91 Å². The average Bonchev–Trinajstić information content (AvgIpc) is 3.13. The Bertz CT molecular complexity index is 860. The Morgan fingerprint density at radius 1 is 0.964 bits per heavy atom. The van der Waals surface area contributed by atoms with Crippen LogP contribution in [-0.2, 0) is 11.2 Å². The molecule has 1 aliphatic heterocycles. The number of nitrogens with two attached hydrogens (primary N) is 1. The van der Waals surface area contributed by atoms with Gasteiger partial charge in [-0.25, -0.2) is 0 Å². The molecule has 2 aromatic rings. The van der Waals surface area contributed by atoms with E-state index in [1.807, 2.05) is 23.1 Å². The number of carbonyl (C=O) groups is 2. The van der Waals surface area contributed by atoms with E-state index in [-0.39, 0.29) is 24.2 Å². The Hall–Kier alpha value is -2.37. The number of para-hydroxylation sites is 1. The largest absolute Gasteiger partial charge is 0.324 e. The predicted octanol–water partition coefficient (Wildman–Crippen LogP) is 3.91. The van der Waals surface area contributed by atoms with Crippen molar-refractivity contribution in [2.75, 3.05) is 16.8 Å². The SMILES string of the molecule is Cl.NC1(C(=O)Nc2ccc(C(=O)N3CCc4ccccc43)cc2)CCCCC1. The van der Waals surface area contributed by atoms with Crippen LogP contribution in [-0.4, -0.2) is 23.9 Å². The van der Waals surface area contributed by atoms with Crippen LogP contribution in [0.2, 0.25) is 0 Å². The molecule has 4 rings (SSSR count). The quantitative estimate of drug-likeness (QED) is 0.821. The summed E-state index contributed by atoms with van der Waals surface area (Å²) in [7, 11) is 0. The highest BCUT2D eigenvalue weighted by Crippen LogP contribution is 2.30. The van der Waals surface area contributed by atoms with Crippen LogP contribution in [0.15, 0.2) is 48.5 Å². The minimum Gasteiger partial charge on any atom is -0.324 e. The molecule has 1 heterocycles. The molecule has 0 saturated heterocycles. The van der Waals surface area contributed by atoms with Gasteiger partial charge in [-0.2, -0.15) is 0 Å². The lowest BCUT2D eigenvalue weighted by Crippen LogP contribution is -2.52. The van der Waals surface area contributed by atoms with Crippen molar-refractivity contribution >= 4 is 35.6 Å². The molecule has 0 spiro atoms. The van der Waals surface area contributed by atoms with E-state index in [1.165, 1.54) is 5.56 Å². The Labute approximate surface area is 171 Å². The number of carbonyl (C=O) groups excluding carboxylic acids is 2. The fraction of sp³-hybridized carbons (Fsp3) is 0.364. The highest BCUT2D eigenvalue weighted by Gasteiger charge is 2.35. The molecule has 0 atom stereocenters. The van der Waals surface area contributed by atoms with Gasteiger partial charge in [0.15, 0.2) is 0 Å². The number of benzene rings is 2. The Balaban J connectivity index is 0.00000225. The summed E-state index contributed by atoms with van der Waals surface area (Å²) in [5.74, 6) is -0.143. The molecule has 1 fully saturated rings. The zero-order valence-electron chi connectivity index (χ0n) is 15.8. The monoisotopic (exact) mass is 399 g/mol. The third-order valence-corrected chi connectivity index (χ3v) is 5.72. The fourth-order valence-electron chi connectivity index (χ4n) is 4.07. The molecule has 0 bridgehead atoms. The van der Waals surface area contributed by atoms with E-state index in [1.54, 1.807) is 24.3 Å². The lowest BCUT2D eigenvalue weighted by molar-refractivity contribution is -0.122. The first-order valence-electron chi connectivity index (χ1n) is 9.67. The second kappa shape index (κ2) is 8.33. The molecule has 5 nitrogen and oxygen atoms in total. The molecule has 1 saturated carbocycles. The van der Waals surface area contributed by atoms with Crippen molar-refractivity contribution < 1.29 is 9.59 Å². The van der Waals surface area contributed by atoms with Gasteiger partial charge in [-0.3, -0.25) is 9.59 Å². The van der Waals surface area contributed by atoms with Gasteiger partial charge in [0.05, 0.1) is 5.54 Å². The first kappa shape index (κ1) is 20.4. The third kappa shape index (κ3) is 3.91. The zero-order chi connectivity index (χ0) is 18.9. The van der Waals surface area contributed by atoms with Gasteiger partial charge in [0.1, 0.15) is 0 Å². The Morgan fingerprint density at radius 2 is 1.64 bits per heavy atom. The van der Waals surface area contributed by atoms with Gasteiger partial charge in [0.25, 0.3) is 5.91 Å². The van der Waals surface area contributed by atoms with E-state index in [4.69, 9.17) is 5.73 Å². The van der Waals surface area contributed by atoms with E-state index in [0.717, 1.165) is 44.2 Å². The van der Waals surface area contributed by atoms with Crippen LogP contribution in [0.5, 0.6) is 0 Å². The highest BCUT2D eigenvalue weighted by molar-refractivity contribution is 6.07. The first-order valence-corrected chi connectivity index (χ1v) is 9.67. The number of halogens is 1. The van der Waals surface area contributed by atoms with E-state index in [0.29, 0.717) is 17.8 Å². The van der Waals surface area contributed by atoms with Gasteiger partial charge in [-0.15, -0.1) is 12.4 Å². The van der Waals surface area contributed by atoms with Crippen LogP contribution in [0.3, 0.4) is 0 Å². The maximum Gasteiger partial charge on any atom is 0.258 e. The normalized spacial score (nSPS) is 17.4. The summed E-state index contributed by atoms with van der Waals surface area (Å²) < 4.78 is 0. The van der Waals surface area contributed by atoms with E-state index >= 15 is 0 Å². The number of amides is 2. The van der Waals surface area contributed by atoms with Crippen molar-refractivity contribution in [3.63, 3.8) is 0 Å². The molecule has 2 aromatic carbocycles. The number of nitrogens with one attached hydrogen (secondary N) is 1.